The van der Waals surface area contributed by atoms with Crippen LogP contribution in [0.15, 0.2) is 23.1 Å². The van der Waals surface area contributed by atoms with Gasteiger partial charge in [-0.1, -0.05) is 6.07 Å². The SMILES string of the molecule is Cc1ccc(S(=O)(=O)N(CCO)CCC(=O)O)cc1C. The first-order valence-corrected chi connectivity index (χ1v) is 7.63. The zero-order valence-electron chi connectivity index (χ0n) is 11.5. The van der Waals surface area contributed by atoms with Crippen LogP contribution in [0.25, 0.3) is 0 Å². The summed E-state index contributed by atoms with van der Waals surface area (Å²) in [6.45, 7) is 3.04. The highest BCUT2D eigenvalue weighted by Gasteiger charge is 2.24. The van der Waals surface area contributed by atoms with Crippen LogP contribution in [-0.4, -0.2) is 48.6 Å². The lowest BCUT2D eigenvalue weighted by molar-refractivity contribution is -0.137. The number of carboxylic acids is 1. The molecule has 0 unspecified atom stereocenters. The molecule has 0 saturated heterocycles. The normalized spacial score (nSPS) is 11.8. The van der Waals surface area contributed by atoms with Gasteiger partial charge in [-0.15, -0.1) is 0 Å². The van der Waals surface area contributed by atoms with Crippen LogP contribution in [0, 0.1) is 13.8 Å². The van der Waals surface area contributed by atoms with E-state index < -0.39 is 16.0 Å². The van der Waals surface area contributed by atoms with Gasteiger partial charge in [0.05, 0.1) is 17.9 Å². The van der Waals surface area contributed by atoms with Crippen LogP contribution in [0.2, 0.25) is 0 Å². The smallest absolute Gasteiger partial charge is 0.304 e. The molecule has 7 heteroatoms. The molecule has 0 aliphatic rings. The van der Waals surface area contributed by atoms with Crippen LogP contribution in [0.4, 0.5) is 0 Å². The fourth-order valence-corrected chi connectivity index (χ4v) is 3.22. The number of aliphatic carboxylic acids is 1. The van der Waals surface area contributed by atoms with E-state index in [1.54, 1.807) is 12.1 Å². The molecule has 0 aliphatic heterocycles. The summed E-state index contributed by atoms with van der Waals surface area (Å²) < 4.78 is 25.8. The fourth-order valence-electron chi connectivity index (χ4n) is 1.71. The lowest BCUT2D eigenvalue weighted by atomic mass is 10.1. The monoisotopic (exact) mass is 301 g/mol. The third-order valence-corrected chi connectivity index (χ3v) is 4.94. The van der Waals surface area contributed by atoms with Crippen molar-refractivity contribution in [1.82, 2.24) is 4.31 Å². The molecule has 0 spiro atoms. The summed E-state index contributed by atoms with van der Waals surface area (Å²) in [5, 5.41) is 17.6. The van der Waals surface area contributed by atoms with Gasteiger partial charge in [0.2, 0.25) is 10.0 Å². The largest absolute Gasteiger partial charge is 0.481 e. The number of aliphatic hydroxyl groups is 1. The van der Waals surface area contributed by atoms with Crippen molar-refractivity contribution in [2.24, 2.45) is 0 Å². The second-order valence-electron chi connectivity index (χ2n) is 4.52. The van der Waals surface area contributed by atoms with Crippen molar-refractivity contribution in [2.75, 3.05) is 19.7 Å². The van der Waals surface area contributed by atoms with Crippen LogP contribution < -0.4 is 0 Å². The Hall–Kier alpha value is -1.44. The number of sulfonamides is 1. The van der Waals surface area contributed by atoms with E-state index in [0.29, 0.717) is 0 Å². The Morgan fingerprint density at radius 3 is 2.35 bits per heavy atom. The minimum absolute atomic E-state index is 0.111. The van der Waals surface area contributed by atoms with E-state index in [1.807, 2.05) is 13.8 Å². The highest BCUT2D eigenvalue weighted by atomic mass is 32.2. The Bertz CT molecular complexity index is 582. The van der Waals surface area contributed by atoms with Crippen molar-refractivity contribution >= 4 is 16.0 Å². The first kappa shape index (κ1) is 16.6. The van der Waals surface area contributed by atoms with Gasteiger partial charge in [0.1, 0.15) is 0 Å². The van der Waals surface area contributed by atoms with E-state index in [0.717, 1.165) is 15.4 Å². The highest BCUT2D eigenvalue weighted by Crippen LogP contribution is 2.19. The number of carboxylic acid groups (broad SMARTS) is 1. The van der Waals surface area contributed by atoms with Crippen LogP contribution in [0.1, 0.15) is 17.5 Å². The van der Waals surface area contributed by atoms with E-state index in [9.17, 15) is 13.2 Å². The lowest BCUT2D eigenvalue weighted by Crippen LogP contribution is -2.35. The van der Waals surface area contributed by atoms with Gasteiger partial charge in [-0.3, -0.25) is 4.79 Å². The van der Waals surface area contributed by atoms with E-state index in [4.69, 9.17) is 10.2 Å². The standard InChI is InChI=1S/C13H19NO5S/c1-10-3-4-12(9-11(10)2)20(18,19)14(7-8-15)6-5-13(16)17/h3-4,9,15H,5-8H2,1-2H3,(H,16,17). The first-order chi connectivity index (χ1) is 9.28. The second-order valence-corrected chi connectivity index (χ2v) is 6.46. The molecule has 0 fully saturated rings. The van der Waals surface area contributed by atoms with Crippen molar-refractivity contribution in [3.05, 3.63) is 29.3 Å². The molecular weight excluding hydrogens is 282 g/mol. The number of benzene rings is 1. The Balaban J connectivity index is 3.08. The molecule has 0 aliphatic carbocycles. The average Bonchev–Trinajstić information content (AvgIpc) is 2.37. The molecule has 0 saturated carbocycles. The third kappa shape index (κ3) is 4.03. The molecule has 1 aromatic carbocycles. The van der Waals surface area contributed by atoms with Crippen molar-refractivity contribution in [1.29, 1.82) is 0 Å². The number of nitrogens with zero attached hydrogens (tertiary/aromatic N) is 1. The van der Waals surface area contributed by atoms with Crippen molar-refractivity contribution in [3.8, 4) is 0 Å². The van der Waals surface area contributed by atoms with Crippen molar-refractivity contribution < 1.29 is 23.4 Å². The van der Waals surface area contributed by atoms with Crippen molar-refractivity contribution in [3.63, 3.8) is 0 Å². The van der Waals surface area contributed by atoms with Gasteiger partial charge in [-0.05, 0) is 37.1 Å². The first-order valence-electron chi connectivity index (χ1n) is 6.19. The van der Waals surface area contributed by atoms with Gasteiger partial charge in [0.25, 0.3) is 0 Å². The molecule has 0 atom stereocenters. The maximum Gasteiger partial charge on any atom is 0.304 e. The maximum absolute atomic E-state index is 12.4. The molecule has 1 aromatic rings. The van der Waals surface area contributed by atoms with E-state index in [2.05, 4.69) is 0 Å². The van der Waals surface area contributed by atoms with E-state index in [1.165, 1.54) is 6.07 Å². The zero-order chi connectivity index (χ0) is 15.3. The summed E-state index contributed by atoms with van der Waals surface area (Å²) >= 11 is 0. The number of hydrogen-bond acceptors (Lipinski definition) is 4. The summed E-state index contributed by atoms with van der Waals surface area (Å²) in [7, 11) is -3.79. The zero-order valence-corrected chi connectivity index (χ0v) is 12.4. The third-order valence-electron chi connectivity index (χ3n) is 3.04. The minimum Gasteiger partial charge on any atom is -0.481 e. The van der Waals surface area contributed by atoms with Gasteiger partial charge in [-0.25, -0.2) is 8.42 Å². The molecule has 20 heavy (non-hydrogen) atoms. The molecular formula is C13H19NO5S. The topological polar surface area (TPSA) is 94.9 Å². The summed E-state index contributed by atoms with van der Waals surface area (Å²) in [5.41, 5.74) is 1.82. The van der Waals surface area contributed by atoms with Crippen LogP contribution in [0.3, 0.4) is 0 Å². The van der Waals surface area contributed by atoms with Crippen LogP contribution in [-0.2, 0) is 14.8 Å². The molecule has 2 N–H and O–H groups in total. The summed E-state index contributed by atoms with van der Waals surface area (Å²) in [4.78, 5) is 10.7. The number of aryl methyl sites for hydroxylation is 2. The Kier molecular flexibility index (Phi) is 5.67. The number of hydrogen-bond donors (Lipinski definition) is 2. The highest BCUT2D eigenvalue weighted by molar-refractivity contribution is 7.89. The fraction of sp³-hybridized carbons (Fsp3) is 0.462. The van der Waals surface area contributed by atoms with Gasteiger partial charge < -0.3 is 10.2 Å². The van der Waals surface area contributed by atoms with E-state index in [-0.39, 0.29) is 31.0 Å². The summed E-state index contributed by atoms with van der Waals surface area (Å²) in [6.07, 6.45) is -0.302. The molecule has 112 valence electrons. The maximum atomic E-state index is 12.4. The molecule has 0 amide bonds. The van der Waals surface area contributed by atoms with Crippen LogP contribution >= 0.6 is 0 Å². The quantitative estimate of drug-likeness (QED) is 0.775. The van der Waals surface area contributed by atoms with Gasteiger partial charge in [0, 0.05) is 13.1 Å². The Morgan fingerprint density at radius 1 is 1.20 bits per heavy atom. The molecule has 0 bridgehead atoms. The molecule has 0 heterocycles. The van der Waals surface area contributed by atoms with Gasteiger partial charge >= 0.3 is 5.97 Å². The Labute approximate surface area is 118 Å². The summed E-state index contributed by atoms with van der Waals surface area (Å²) in [6, 6.07) is 4.75. The minimum atomic E-state index is -3.79. The second kappa shape index (κ2) is 6.83. The molecule has 6 nitrogen and oxygen atoms in total. The number of aliphatic hydroxyl groups excluding tert-OH is 1. The average molecular weight is 301 g/mol. The molecule has 1 rings (SSSR count). The molecule has 0 radical (unpaired) electrons. The number of rotatable bonds is 7. The predicted octanol–water partition coefficient (Wildman–Crippen LogP) is 0.761. The Morgan fingerprint density at radius 2 is 1.85 bits per heavy atom. The molecule has 0 aromatic heterocycles. The lowest BCUT2D eigenvalue weighted by Gasteiger charge is -2.21. The van der Waals surface area contributed by atoms with Gasteiger partial charge in [0.15, 0.2) is 0 Å². The van der Waals surface area contributed by atoms with E-state index >= 15 is 0 Å². The predicted molar refractivity (Wildman–Crippen MR) is 74.0 cm³/mol. The number of carbonyl (C=O) groups is 1. The van der Waals surface area contributed by atoms with Crippen LogP contribution in [0.5, 0.6) is 0 Å². The van der Waals surface area contributed by atoms with Gasteiger partial charge in [-0.2, -0.15) is 4.31 Å². The summed E-state index contributed by atoms with van der Waals surface area (Å²) in [5.74, 6) is -1.08. The van der Waals surface area contributed by atoms with Crippen molar-refractivity contribution in [2.45, 2.75) is 25.2 Å².